The number of hydrogen-bond donors (Lipinski definition) is 2. The topological polar surface area (TPSA) is 64.7 Å². The lowest BCUT2D eigenvalue weighted by atomic mass is 9.90. The summed E-state index contributed by atoms with van der Waals surface area (Å²) in [4.78, 5) is 29.7. The van der Waals surface area contributed by atoms with Crippen LogP contribution < -0.4 is 10.6 Å². The predicted octanol–water partition coefficient (Wildman–Crippen LogP) is 2.57. The van der Waals surface area contributed by atoms with Gasteiger partial charge in [-0.25, -0.2) is 0 Å². The maximum Gasteiger partial charge on any atom is 0.228 e. The van der Waals surface area contributed by atoms with Crippen molar-refractivity contribution in [3.63, 3.8) is 0 Å². The van der Waals surface area contributed by atoms with Crippen LogP contribution in [0.1, 0.15) is 36.0 Å². The lowest BCUT2D eigenvalue weighted by molar-refractivity contribution is -0.126. The van der Waals surface area contributed by atoms with E-state index >= 15 is 0 Å². The summed E-state index contributed by atoms with van der Waals surface area (Å²) in [5.74, 6) is -0.649. The highest BCUT2D eigenvalue weighted by atomic mass is 16.2. The van der Waals surface area contributed by atoms with Gasteiger partial charge in [-0.05, 0) is 29.3 Å². The number of hydrogen-bond acceptors (Lipinski definition) is 4. The molecule has 1 atom stereocenters. The Morgan fingerprint density at radius 3 is 2.40 bits per heavy atom. The van der Waals surface area contributed by atoms with Gasteiger partial charge in [-0.2, -0.15) is 0 Å². The van der Waals surface area contributed by atoms with E-state index in [0.717, 1.165) is 56.1 Å². The van der Waals surface area contributed by atoms with Crippen LogP contribution in [0.25, 0.3) is 0 Å². The zero-order valence-corrected chi connectivity index (χ0v) is 17.6. The van der Waals surface area contributed by atoms with E-state index in [1.54, 1.807) is 0 Å². The molecule has 0 aromatic heterocycles. The van der Waals surface area contributed by atoms with Crippen molar-refractivity contribution in [2.75, 3.05) is 38.0 Å². The molecule has 2 N–H and O–H groups in total. The number of benzene rings is 2. The van der Waals surface area contributed by atoms with Gasteiger partial charge in [-0.3, -0.25) is 14.5 Å². The van der Waals surface area contributed by atoms with Crippen LogP contribution in [0.3, 0.4) is 0 Å². The minimum Gasteiger partial charge on any atom is -0.351 e. The average molecular weight is 407 g/mol. The van der Waals surface area contributed by atoms with E-state index in [1.165, 1.54) is 5.56 Å². The number of nitrogens with zero attached hydrogens (tertiary/aromatic N) is 2. The maximum atomic E-state index is 12.8. The summed E-state index contributed by atoms with van der Waals surface area (Å²) >= 11 is 0. The van der Waals surface area contributed by atoms with Gasteiger partial charge >= 0.3 is 0 Å². The molecule has 0 aliphatic carbocycles. The van der Waals surface area contributed by atoms with Gasteiger partial charge in [-0.15, -0.1) is 0 Å². The summed E-state index contributed by atoms with van der Waals surface area (Å²) < 4.78 is 0. The third-order valence-electron chi connectivity index (χ3n) is 6.12. The van der Waals surface area contributed by atoms with E-state index in [4.69, 9.17) is 0 Å². The Balaban J connectivity index is 1.30. The predicted molar refractivity (Wildman–Crippen MR) is 118 cm³/mol. The molecule has 2 aliphatic heterocycles. The monoisotopic (exact) mass is 406 g/mol. The number of nitrogens with one attached hydrogen (secondary N) is 2. The standard InChI is InChI=1S/C24H30N4O2/c1-2-27-11-13-28(14-12-27)17-19-9-7-18(8-10-19)16-25-24(30)21-15-23(29)26-22-6-4-3-5-20(21)22/h3-10,21H,2,11-17H2,1H3,(H,25,30)(H,26,29). The van der Waals surface area contributed by atoms with Crippen LogP contribution in [0.5, 0.6) is 0 Å². The number of para-hydroxylation sites is 1. The molecule has 1 fully saturated rings. The summed E-state index contributed by atoms with van der Waals surface area (Å²) in [5, 5.41) is 5.85. The van der Waals surface area contributed by atoms with Gasteiger partial charge in [0.2, 0.25) is 11.8 Å². The molecule has 6 nitrogen and oxygen atoms in total. The van der Waals surface area contributed by atoms with Crippen LogP contribution in [0, 0.1) is 0 Å². The number of anilines is 1. The van der Waals surface area contributed by atoms with Gasteiger partial charge in [-0.1, -0.05) is 49.4 Å². The zero-order chi connectivity index (χ0) is 20.9. The number of carbonyl (C=O) groups excluding carboxylic acids is 2. The Kier molecular flexibility index (Phi) is 6.45. The molecule has 2 aromatic rings. The number of piperazine rings is 1. The normalized spacial score (nSPS) is 19.8. The fourth-order valence-electron chi connectivity index (χ4n) is 4.24. The molecule has 0 bridgehead atoms. The summed E-state index contributed by atoms with van der Waals surface area (Å²) in [6, 6.07) is 16.0. The van der Waals surface area contributed by atoms with Gasteiger partial charge in [0.15, 0.2) is 0 Å². The van der Waals surface area contributed by atoms with Crippen LogP contribution >= 0.6 is 0 Å². The molecule has 2 heterocycles. The molecule has 0 saturated carbocycles. The van der Waals surface area contributed by atoms with Crippen molar-refractivity contribution < 1.29 is 9.59 Å². The van der Waals surface area contributed by atoms with Crippen LogP contribution in [-0.4, -0.2) is 54.3 Å². The van der Waals surface area contributed by atoms with Crippen molar-refractivity contribution in [1.82, 2.24) is 15.1 Å². The van der Waals surface area contributed by atoms with Crippen molar-refractivity contribution in [2.24, 2.45) is 0 Å². The van der Waals surface area contributed by atoms with E-state index in [1.807, 2.05) is 24.3 Å². The van der Waals surface area contributed by atoms with Crippen LogP contribution in [0.2, 0.25) is 0 Å². The van der Waals surface area contributed by atoms with E-state index in [-0.39, 0.29) is 18.2 Å². The molecule has 1 unspecified atom stereocenters. The Morgan fingerprint density at radius 1 is 1.00 bits per heavy atom. The van der Waals surface area contributed by atoms with Crippen molar-refractivity contribution in [3.05, 3.63) is 65.2 Å². The highest BCUT2D eigenvalue weighted by molar-refractivity contribution is 6.01. The second-order valence-corrected chi connectivity index (χ2v) is 8.14. The second-order valence-electron chi connectivity index (χ2n) is 8.14. The molecular formula is C24H30N4O2. The lowest BCUT2D eigenvalue weighted by Gasteiger charge is -2.34. The summed E-state index contributed by atoms with van der Waals surface area (Å²) in [7, 11) is 0. The lowest BCUT2D eigenvalue weighted by Crippen LogP contribution is -2.45. The SMILES string of the molecule is CCN1CCN(Cc2ccc(CNC(=O)C3CC(=O)Nc4ccccc43)cc2)CC1. The Hall–Kier alpha value is -2.70. The van der Waals surface area contributed by atoms with E-state index in [9.17, 15) is 9.59 Å². The Labute approximate surface area is 178 Å². The summed E-state index contributed by atoms with van der Waals surface area (Å²) in [6.07, 6.45) is 0.188. The highest BCUT2D eigenvalue weighted by Gasteiger charge is 2.30. The van der Waals surface area contributed by atoms with Crippen molar-refractivity contribution in [3.8, 4) is 0 Å². The molecule has 1 saturated heterocycles. The van der Waals surface area contributed by atoms with Gasteiger partial charge in [0.25, 0.3) is 0 Å². The largest absolute Gasteiger partial charge is 0.351 e. The molecular weight excluding hydrogens is 376 g/mol. The molecule has 2 aliphatic rings. The van der Waals surface area contributed by atoms with Crippen LogP contribution in [-0.2, 0) is 22.7 Å². The zero-order valence-electron chi connectivity index (χ0n) is 17.6. The third kappa shape index (κ3) is 4.89. The number of amides is 2. The van der Waals surface area contributed by atoms with E-state index < -0.39 is 5.92 Å². The maximum absolute atomic E-state index is 12.8. The first-order valence-corrected chi connectivity index (χ1v) is 10.8. The smallest absolute Gasteiger partial charge is 0.228 e. The number of likely N-dealkylation sites (N-methyl/N-ethyl adjacent to an activating group) is 1. The first kappa shape index (κ1) is 20.6. The quantitative estimate of drug-likeness (QED) is 0.774. The fraction of sp³-hybridized carbons (Fsp3) is 0.417. The van der Waals surface area contributed by atoms with Crippen LogP contribution in [0.4, 0.5) is 5.69 Å². The first-order valence-electron chi connectivity index (χ1n) is 10.8. The van der Waals surface area contributed by atoms with Crippen molar-refractivity contribution in [1.29, 1.82) is 0 Å². The first-order chi connectivity index (χ1) is 14.6. The minimum atomic E-state index is -0.434. The molecule has 2 aromatic carbocycles. The molecule has 0 radical (unpaired) electrons. The molecule has 2 amide bonds. The summed E-state index contributed by atoms with van der Waals surface area (Å²) in [6.45, 7) is 9.29. The molecule has 30 heavy (non-hydrogen) atoms. The van der Waals surface area contributed by atoms with E-state index in [2.05, 4.69) is 51.6 Å². The van der Waals surface area contributed by atoms with Crippen molar-refractivity contribution >= 4 is 17.5 Å². The van der Waals surface area contributed by atoms with Crippen molar-refractivity contribution in [2.45, 2.75) is 32.4 Å². The Morgan fingerprint density at radius 2 is 1.67 bits per heavy atom. The Bertz CT molecular complexity index is 888. The van der Waals surface area contributed by atoms with E-state index in [0.29, 0.717) is 6.54 Å². The van der Waals surface area contributed by atoms with Gasteiger partial charge in [0.1, 0.15) is 0 Å². The number of fused-ring (bicyclic) bond motifs is 1. The van der Waals surface area contributed by atoms with Gasteiger partial charge in [0, 0.05) is 51.4 Å². The molecule has 158 valence electrons. The molecule has 0 spiro atoms. The van der Waals surface area contributed by atoms with Gasteiger partial charge < -0.3 is 15.5 Å². The minimum absolute atomic E-state index is 0.102. The fourth-order valence-corrected chi connectivity index (χ4v) is 4.24. The third-order valence-corrected chi connectivity index (χ3v) is 6.12. The molecule has 6 heteroatoms. The molecule has 4 rings (SSSR count). The summed E-state index contributed by atoms with van der Waals surface area (Å²) in [5.41, 5.74) is 3.98. The highest BCUT2D eigenvalue weighted by Crippen LogP contribution is 2.32. The van der Waals surface area contributed by atoms with Crippen LogP contribution in [0.15, 0.2) is 48.5 Å². The second kappa shape index (κ2) is 9.41. The number of carbonyl (C=O) groups is 2. The van der Waals surface area contributed by atoms with Gasteiger partial charge in [0.05, 0.1) is 5.92 Å². The number of rotatable bonds is 6. The average Bonchev–Trinajstić information content (AvgIpc) is 2.78.